The number of benzene rings is 2. The van der Waals surface area contributed by atoms with Crippen molar-refractivity contribution in [1.82, 2.24) is 30.1 Å². The summed E-state index contributed by atoms with van der Waals surface area (Å²) in [5.74, 6) is -7.54. The predicted molar refractivity (Wildman–Crippen MR) is 319 cm³/mol. The number of aromatic nitrogens is 2. The zero-order valence-corrected chi connectivity index (χ0v) is 52.3. The quantitative estimate of drug-likeness (QED) is 0.0172. The number of hydrogen-bond donors (Lipinski definition) is 6. The predicted octanol–water partition coefficient (Wildman–Crippen LogP) is 2.19. The number of rotatable bonds is 26. The molecule has 2 aromatic heterocycles. The molecule has 0 spiro atoms. The maximum atomic E-state index is 14.8. The SMILES string of the molecule is C=C1C[C@H]2C(O)N(C(=O)COc3ccc(O[C@@H]4O[C@H](C(=O)OC)[C@@H](OC(C)=O)[C@H](OC(C)=O)[C@H]4OC(C)=O)c(C(=O)NCCOCCONC(=O)OC(C)(C)C)c3)c3cc(OCCCNC(=O)c4cc(NC(=O)c5cc(N)cn5C)cn4C)c(OC)cc3C(=O)N2C1. The van der Waals surface area contributed by atoms with Gasteiger partial charge in [-0.3, -0.25) is 48.1 Å². The molecule has 2 aromatic carbocycles. The third-order valence-electron chi connectivity index (χ3n) is 13.9. The van der Waals surface area contributed by atoms with Crippen LogP contribution in [0.4, 0.5) is 21.9 Å². The van der Waals surface area contributed by atoms with E-state index in [0.717, 1.165) is 38.8 Å². The Bertz CT molecular complexity index is 3450. The van der Waals surface area contributed by atoms with E-state index in [4.69, 9.17) is 62.7 Å². The summed E-state index contributed by atoms with van der Waals surface area (Å²) in [7, 11) is 5.67. The number of carbonyl (C=O) groups excluding carboxylic acids is 10. The number of methoxy groups -OCH3 is 2. The van der Waals surface area contributed by atoms with Gasteiger partial charge < -0.3 is 92.9 Å². The monoisotopic (exact) mass is 1290 g/mol. The van der Waals surface area contributed by atoms with Crippen molar-refractivity contribution >= 4 is 76.6 Å². The molecule has 7 N–H and O–H groups in total. The minimum atomic E-state index is -1.91. The molecular formula is C60H75N9O23. The van der Waals surface area contributed by atoms with E-state index < -0.39 is 115 Å². The number of anilines is 3. The van der Waals surface area contributed by atoms with Gasteiger partial charge in [-0.2, -0.15) is 5.48 Å². The lowest BCUT2D eigenvalue weighted by Gasteiger charge is -2.43. The van der Waals surface area contributed by atoms with E-state index in [1.807, 2.05) is 0 Å². The summed E-state index contributed by atoms with van der Waals surface area (Å²) in [5, 5.41) is 20.4. The summed E-state index contributed by atoms with van der Waals surface area (Å²) in [6, 6.07) is 8.42. The maximum absolute atomic E-state index is 14.8. The summed E-state index contributed by atoms with van der Waals surface area (Å²) in [4.78, 5) is 140. The van der Waals surface area contributed by atoms with Crippen molar-refractivity contribution in [1.29, 1.82) is 0 Å². The number of carbonyl (C=O) groups is 10. The minimum Gasteiger partial charge on any atom is -0.493 e. The average Bonchev–Trinajstić information content (AvgIpc) is 1.47. The van der Waals surface area contributed by atoms with Crippen LogP contribution in [0.15, 0.2) is 67.0 Å². The molecule has 0 saturated carbocycles. The van der Waals surface area contributed by atoms with Crippen LogP contribution in [0, 0.1) is 0 Å². The van der Waals surface area contributed by atoms with E-state index in [-0.39, 0.29) is 104 Å². The Morgan fingerprint density at radius 3 is 2.10 bits per heavy atom. The fraction of sp³-hybridized carbons (Fsp3) is 0.467. The number of aliphatic hydroxyl groups is 1. The van der Waals surface area contributed by atoms with E-state index in [1.54, 1.807) is 56.4 Å². The highest BCUT2D eigenvalue weighted by Crippen LogP contribution is 2.42. The van der Waals surface area contributed by atoms with Crippen molar-refractivity contribution in [3.8, 4) is 23.0 Å². The Morgan fingerprint density at radius 2 is 1.43 bits per heavy atom. The van der Waals surface area contributed by atoms with E-state index >= 15 is 0 Å². The number of nitrogens with one attached hydrogen (secondary N) is 4. The molecule has 32 heteroatoms. The highest BCUT2D eigenvalue weighted by atomic mass is 16.7. The Labute approximate surface area is 527 Å². The van der Waals surface area contributed by atoms with Gasteiger partial charge in [0, 0.05) is 73.0 Å². The molecule has 0 aliphatic carbocycles. The molecule has 92 heavy (non-hydrogen) atoms. The Balaban J connectivity index is 1.11. The van der Waals surface area contributed by atoms with Gasteiger partial charge in [0.15, 0.2) is 42.6 Å². The molecule has 7 rings (SSSR count). The van der Waals surface area contributed by atoms with Crippen LogP contribution < -0.4 is 51.0 Å². The van der Waals surface area contributed by atoms with Gasteiger partial charge in [-0.25, -0.2) is 9.59 Å². The van der Waals surface area contributed by atoms with Crippen LogP contribution in [0.3, 0.4) is 0 Å². The van der Waals surface area contributed by atoms with E-state index in [2.05, 4.69) is 28.0 Å². The first-order chi connectivity index (χ1) is 43.6. The van der Waals surface area contributed by atoms with Crippen molar-refractivity contribution in [2.75, 3.05) is 82.8 Å². The molecule has 32 nitrogen and oxygen atoms in total. The molecule has 2 fully saturated rings. The highest BCUT2D eigenvalue weighted by Gasteiger charge is 2.56. The van der Waals surface area contributed by atoms with Crippen molar-refractivity contribution in [2.45, 2.75) is 103 Å². The van der Waals surface area contributed by atoms with Crippen LogP contribution in [0.2, 0.25) is 0 Å². The second kappa shape index (κ2) is 30.7. The lowest BCUT2D eigenvalue weighted by atomic mass is 9.97. The summed E-state index contributed by atoms with van der Waals surface area (Å²) < 4.78 is 65.1. The minimum absolute atomic E-state index is 0.0246. The van der Waals surface area contributed by atoms with Gasteiger partial charge in [0.2, 0.25) is 12.4 Å². The molecular weight excluding hydrogens is 1210 g/mol. The number of aryl methyl sites for hydroxylation is 2. The van der Waals surface area contributed by atoms with Crippen molar-refractivity contribution in [2.24, 2.45) is 14.1 Å². The largest absolute Gasteiger partial charge is 0.493 e. The van der Waals surface area contributed by atoms with E-state index in [1.165, 1.54) is 48.4 Å². The Hall–Kier alpha value is -9.92. The van der Waals surface area contributed by atoms with Crippen LogP contribution in [0.1, 0.15) is 96.1 Å². The first-order valence-electron chi connectivity index (χ1n) is 28.7. The fourth-order valence-corrected chi connectivity index (χ4v) is 10.0. The number of hydrogen-bond acceptors (Lipinski definition) is 24. The number of hydroxylamine groups is 1. The molecule has 3 aliphatic rings. The van der Waals surface area contributed by atoms with Gasteiger partial charge in [-0.05, 0) is 70.0 Å². The van der Waals surface area contributed by atoms with E-state index in [9.17, 15) is 53.1 Å². The van der Waals surface area contributed by atoms with Gasteiger partial charge in [-0.15, -0.1) is 0 Å². The first kappa shape index (κ1) is 69.6. The molecule has 498 valence electrons. The third-order valence-corrected chi connectivity index (χ3v) is 13.9. The zero-order chi connectivity index (χ0) is 67.3. The zero-order valence-electron chi connectivity index (χ0n) is 52.3. The van der Waals surface area contributed by atoms with Gasteiger partial charge >= 0.3 is 30.0 Å². The van der Waals surface area contributed by atoms with Crippen molar-refractivity contribution < 1.29 is 110 Å². The van der Waals surface area contributed by atoms with Crippen LogP contribution in [0.25, 0.3) is 0 Å². The number of fused-ring (bicyclic) bond motifs is 2. The molecule has 6 amide bonds. The number of aliphatic hydroxyl groups excluding tert-OH is 1. The smallest absolute Gasteiger partial charge is 0.431 e. The number of nitrogen functional groups attached to an aromatic ring is 1. The Morgan fingerprint density at radius 1 is 0.761 bits per heavy atom. The van der Waals surface area contributed by atoms with E-state index in [0.29, 0.717) is 22.6 Å². The topological polar surface area (TPSA) is 392 Å². The maximum Gasteiger partial charge on any atom is 0.431 e. The highest BCUT2D eigenvalue weighted by molar-refractivity contribution is 6.08. The van der Waals surface area contributed by atoms with Crippen LogP contribution in [-0.4, -0.2) is 194 Å². The van der Waals surface area contributed by atoms with Crippen LogP contribution in [0.5, 0.6) is 23.0 Å². The number of nitrogens with zero attached hydrogens (tertiary/aromatic N) is 4. The summed E-state index contributed by atoms with van der Waals surface area (Å²) in [6.07, 6.45) is -8.04. The number of esters is 4. The molecule has 0 radical (unpaired) electrons. The summed E-state index contributed by atoms with van der Waals surface area (Å²) >= 11 is 0. The second-order valence-corrected chi connectivity index (χ2v) is 22.1. The van der Waals surface area contributed by atoms with Gasteiger partial charge in [0.1, 0.15) is 28.5 Å². The molecule has 3 aliphatic heterocycles. The molecule has 5 heterocycles. The normalized spacial score (nSPS) is 19.2. The molecule has 7 atom stereocenters. The molecule has 1 unspecified atom stereocenters. The van der Waals surface area contributed by atoms with Gasteiger partial charge in [0.25, 0.3) is 29.5 Å². The first-order valence-corrected chi connectivity index (χ1v) is 28.7. The number of ether oxygens (including phenoxy) is 11. The standard InChI is InChI=1S/C60H75N9O23/c1-31-21-43-56(78)69(40-26-46(45(81-10)25-38(40)55(77)68(43)27-31)84-17-12-15-62-53(75)42-23-36(29-67(42)9)64-54(76)41-22-35(61)28-66(41)8)47(73)30-85-37-13-14-44(39(24-37)52(74)63-16-18-83-19-20-86-65-59(80)92-60(5,6)7)90-58-51(89-34(4)72)49(88-33(3)71)48(87-32(2)70)50(91-58)57(79)82-11/h13-14,22-26,28-29,43,48-51,56,58,78H,1,12,15-21,27,30,61H2,2-11H3,(H,62,75)(H,63,74)(H,64,76)(H,65,80)/t43-,48-,49-,50-,51+,56?,58+/m0/s1. The fourth-order valence-electron chi connectivity index (χ4n) is 10.0. The average molecular weight is 1290 g/mol. The Kier molecular flexibility index (Phi) is 23.2. The third kappa shape index (κ3) is 17.7. The van der Waals surface area contributed by atoms with Crippen molar-refractivity contribution in [3.63, 3.8) is 0 Å². The summed E-state index contributed by atoms with van der Waals surface area (Å²) in [6.45, 7) is 10.9. The van der Waals surface area contributed by atoms with Gasteiger partial charge in [-0.1, -0.05) is 12.2 Å². The summed E-state index contributed by atoms with van der Waals surface area (Å²) in [5.41, 5.74) is 8.67. The van der Waals surface area contributed by atoms with Gasteiger partial charge in [0.05, 0.1) is 74.9 Å². The lowest BCUT2D eigenvalue weighted by molar-refractivity contribution is -0.282. The van der Waals surface area contributed by atoms with Crippen LogP contribution >= 0.6 is 0 Å². The molecule has 2 saturated heterocycles. The number of amides is 6. The number of nitrogens with two attached hydrogens (primary N) is 1. The van der Waals surface area contributed by atoms with Crippen LogP contribution in [-0.2, 0) is 76.1 Å². The molecule has 4 aromatic rings. The van der Waals surface area contributed by atoms with Crippen molar-refractivity contribution in [3.05, 3.63) is 89.5 Å². The second-order valence-electron chi connectivity index (χ2n) is 22.1. The molecule has 0 bridgehead atoms. The lowest BCUT2D eigenvalue weighted by Crippen LogP contribution is -2.64.